The number of benzene rings is 1. The molecule has 0 amide bonds. The second-order valence-electron chi connectivity index (χ2n) is 4.18. The van der Waals surface area contributed by atoms with Crippen LogP contribution in [0.25, 0.3) is 0 Å². The zero-order valence-corrected chi connectivity index (χ0v) is 13.3. The minimum atomic E-state index is -3.46. The van der Waals surface area contributed by atoms with Gasteiger partial charge in [0.05, 0.1) is 4.90 Å². The highest BCUT2D eigenvalue weighted by molar-refractivity contribution is 7.98. The fourth-order valence-corrected chi connectivity index (χ4v) is 3.18. The lowest BCUT2D eigenvalue weighted by Gasteiger charge is -2.08. The van der Waals surface area contributed by atoms with Crippen molar-refractivity contribution < 1.29 is 13.5 Å². The largest absolute Gasteiger partial charge is 0.384 e. The van der Waals surface area contributed by atoms with E-state index in [0.717, 1.165) is 23.3 Å². The summed E-state index contributed by atoms with van der Waals surface area (Å²) in [6, 6.07) is 4.79. The monoisotopic (exact) mass is 313 g/mol. The molecular formula is C14H19NO3S2. The van der Waals surface area contributed by atoms with Crippen molar-refractivity contribution in [2.24, 2.45) is 0 Å². The summed E-state index contributed by atoms with van der Waals surface area (Å²) in [5, 5.41) is 8.66. The summed E-state index contributed by atoms with van der Waals surface area (Å²) >= 11 is 1.69. The molecule has 1 aromatic rings. The Morgan fingerprint density at radius 1 is 1.40 bits per heavy atom. The Labute approximate surface area is 125 Å². The van der Waals surface area contributed by atoms with Crippen molar-refractivity contribution in [3.63, 3.8) is 0 Å². The predicted molar refractivity (Wildman–Crippen MR) is 83.3 cm³/mol. The average molecular weight is 313 g/mol. The Morgan fingerprint density at radius 2 is 2.15 bits per heavy atom. The molecule has 0 radical (unpaired) electrons. The Kier molecular flexibility index (Phi) is 7.10. The second kappa shape index (κ2) is 8.32. The first-order valence-electron chi connectivity index (χ1n) is 6.20. The van der Waals surface area contributed by atoms with Crippen LogP contribution in [0.15, 0.2) is 23.1 Å². The van der Waals surface area contributed by atoms with E-state index in [9.17, 15) is 8.42 Å². The summed E-state index contributed by atoms with van der Waals surface area (Å²) in [7, 11) is -3.46. The normalized spacial score (nSPS) is 10.9. The van der Waals surface area contributed by atoms with Crippen LogP contribution < -0.4 is 4.72 Å². The molecule has 0 spiro atoms. The summed E-state index contributed by atoms with van der Waals surface area (Å²) < 4.78 is 26.7. The molecule has 0 aromatic heterocycles. The summed E-state index contributed by atoms with van der Waals surface area (Å²) in [6.45, 7) is 2.03. The third-order valence-corrected chi connectivity index (χ3v) is 4.78. The first kappa shape index (κ1) is 17.1. The first-order valence-corrected chi connectivity index (χ1v) is 9.08. The van der Waals surface area contributed by atoms with Gasteiger partial charge in [-0.2, -0.15) is 11.8 Å². The number of aliphatic hydroxyl groups is 1. The van der Waals surface area contributed by atoms with E-state index in [1.165, 1.54) is 6.07 Å². The Hall–Kier alpha value is -1.00. The number of sulfonamides is 1. The van der Waals surface area contributed by atoms with Crippen LogP contribution in [0.2, 0.25) is 0 Å². The van der Waals surface area contributed by atoms with Gasteiger partial charge < -0.3 is 5.11 Å². The highest BCUT2D eigenvalue weighted by atomic mass is 32.2. The quantitative estimate of drug-likeness (QED) is 0.615. The lowest BCUT2D eigenvalue weighted by molar-refractivity contribution is 0.350. The third-order valence-electron chi connectivity index (χ3n) is 2.63. The van der Waals surface area contributed by atoms with Gasteiger partial charge in [0.25, 0.3) is 0 Å². The molecule has 4 nitrogen and oxygen atoms in total. The van der Waals surface area contributed by atoms with Crippen LogP contribution >= 0.6 is 11.8 Å². The minimum absolute atomic E-state index is 0.212. The molecule has 2 N–H and O–H groups in total. The van der Waals surface area contributed by atoms with E-state index in [4.69, 9.17) is 5.11 Å². The zero-order chi connectivity index (χ0) is 15.0. The molecular weight excluding hydrogens is 294 g/mol. The van der Waals surface area contributed by atoms with Crippen molar-refractivity contribution >= 4 is 21.8 Å². The Bertz CT molecular complexity index is 601. The lowest BCUT2D eigenvalue weighted by Crippen LogP contribution is -2.25. The summed E-state index contributed by atoms with van der Waals surface area (Å²) in [4.78, 5) is 0.244. The number of rotatable bonds is 6. The highest BCUT2D eigenvalue weighted by Gasteiger charge is 2.13. The number of hydrogen-bond acceptors (Lipinski definition) is 4. The van der Waals surface area contributed by atoms with Gasteiger partial charge in [-0.3, -0.25) is 0 Å². The standard InChI is InChI=1S/C14H19NO3S2/c1-12-11-14(7-6-13(12)5-3-9-16)20(17,18)15-8-4-10-19-2/h6-7,11,15-16H,4,8-10H2,1-2H3. The number of hydrogen-bond donors (Lipinski definition) is 2. The molecule has 20 heavy (non-hydrogen) atoms. The molecule has 0 fully saturated rings. The Morgan fingerprint density at radius 3 is 2.75 bits per heavy atom. The molecule has 0 aliphatic carbocycles. The molecule has 0 saturated carbocycles. The van der Waals surface area contributed by atoms with Gasteiger partial charge in [-0.05, 0) is 49.1 Å². The van der Waals surface area contributed by atoms with Crippen LogP contribution in [-0.2, 0) is 10.0 Å². The van der Waals surface area contributed by atoms with E-state index in [0.29, 0.717) is 6.54 Å². The van der Waals surface area contributed by atoms with Crippen LogP contribution in [0.4, 0.5) is 0 Å². The van der Waals surface area contributed by atoms with Crippen LogP contribution in [0, 0.1) is 18.8 Å². The van der Waals surface area contributed by atoms with Gasteiger partial charge in [-0.1, -0.05) is 11.8 Å². The molecule has 0 bridgehead atoms. The van der Waals surface area contributed by atoms with Gasteiger partial charge in [0, 0.05) is 12.1 Å². The molecule has 0 saturated heterocycles. The number of nitrogens with one attached hydrogen (secondary N) is 1. The highest BCUT2D eigenvalue weighted by Crippen LogP contribution is 2.14. The zero-order valence-electron chi connectivity index (χ0n) is 11.6. The second-order valence-corrected chi connectivity index (χ2v) is 6.93. The predicted octanol–water partition coefficient (Wildman–Crippen LogP) is 1.37. The van der Waals surface area contributed by atoms with E-state index < -0.39 is 10.0 Å². The van der Waals surface area contributed by atoms with E-state index in [2.05, 4.69) is 16.6 Å². The maximum absolute atomic E-state index is 12.1. The van der Waals surface area contributed by atoms with Crippen molar-refractivity contribution in [2.45, 2.75) is 18.2 Å². The smallest absolute Gasteiger partial charge is 0.240 e. The van der Waals surface area contributed by atoms with Gasteiger partial charge in [-0.15, -0.1) is 0 Å². The molecule has 1 rings (SSSR count). The fraction of sp³-hybridized carbons (Fsp3) is 0.429. The van der Waals surface area contributed by atoms with Crippen molar-refractivity contribution in [1.82, 2.24) is 4.72 Å². The van der Waals surface area contributed by atoms with Crippen LogP contribution in [0.3, 0.4) is 0 Å². The van der Waals surface area contributed by atoms with Gasteiger partial charge in [0.2, 0.25) is 10.0 Å². The van der Waals surface area contributed by atoms with Gasteiger partial charge in [-0.25, -0.2) is 13.1 Å². The third kappa shape index (κ3) is 5.17. The van der Waals surface area contributed by atoms with Crippen LogP contribution in [-0.4, -0.2) is 38.7 Å². The molecule has 1 aromatic carbocycles. The van der Waals surface area contributed by atoms with E-state index in [1.54, 1.807) is 30.8 Å². The summed E-state index contributed by atoms with van der Waals surface area (Å²) in [5.74, 6) is 6.26. The lowest BCUT2D eigenvalue weighted by atomic mass is 10.1. The van der Waals surface area contributed by atoms with E-state index >= 15 is 0 Å². The number of aryl methyl sites for hydroxylation is 1. The summed E-state index contributed by atoms with van der Waals surface area (Å²) in [5.41, 5.74) is 1.50. The molecule has 0 heterocycles. The minimum Gasteiger partial charge on any atom is -0.384 e. The molecule has 6 heteroatoms. The maximum atomic E-state index is 12.1. The van der Waals surface area contributed by atoms with E-state index in [1.807, 2.05) is 6.26 Å². The maximum Gasteiger partial charge on any atom is 0.240 e. The van der Waals surface area contributed by atoms with Gasteiger partial charge in [0.1, 0.15) is 6.61 Å². The number of thioether (sulfide) groups is 1. The Balaban J connectivity index is 2.83. The van der Waals surface area contributed by atoms with Crippen molar-refractivity contribution in [3.05, 3.63) is 29.3 Å². The molecule has 0 atom stereocenters. The summed E-state index contributed by atoms with van der Waals surface area (Å²) in [6.07, 6.45) is 2.80. The van der Waals surface area contributed by atoms with Crippen molar-refractivity contribution in [1.29, 1.82) is 0 Å². The van der Waals surface area contributed by atoms with Crippen LogP contribution in [0.1, 0.15) is 17.5 Å². The SMILES string of the molecule is CSCCCNS(=O)(=O)c1ccc(C#CCO)c(C)c1. The van der Waals surface area contributed by atoms with Gasteiger partial charge >= 0.3 is 0 Å². The fourth-order valence-electron chi connectivity index (χ4n) is 1.58. The number of aliphatic hydroxyl groups excluding tert-OH is 1. The average Bonchev–Trinajstić information content (AvgIpc) is 2.42. The van der Waals surface area contributed by atoms with Crippen molar-refractivity contribution in [2.75, 3.05) is 25.2 Å². The molecule has 0 aliphatic rings. The van der Waals surface area contributed by atoms with Crippen molar-refractivity contribution in [3.8, 4) is 11.8 Å². The van der Waals surface area contributed by atoms with Crippen LogP contribution in [0.5, 0.6) is 0 Å². The first-order chi connectivity index (χ1) is 9.51. The topological polar surface area (TPSA) is 66.4 Å². The molecule has 0 unspecified atom stereocenters. The molecule has 0 aliphatic heterocycles. The van der Waals surface area contributed by atoms with Gasteiger partial charge in [0.15, 0.2) is 0 Å². The van der Waals surface area contributed by atoms with E-state index in [-0.39, 0.29) is 11.5 Å². The molecule has 110 valence electrons.